The first-order chi connectivity index (χ1) is 8.11. The van der Waals surface area contributed by atoms with Gasteiger partial charge in [0.2, 0.25) is 0 Å². The highest BCUT2D eigenvalue weighted by atomic mass is 79.9. The number of carbonyl (C=O) groups is 1. The van der Waals surface area contributed by atoms with Crippen LogP contribution in [0.25, 0.3) is 0 Å². The quantitative estimate of drug-likeness (QED) is 0.878. The van der Waals surface area contributed by atoms with Crippen molar-refractivity contribution >= 4 is 21.9 Å². The van der Waals surface area contributed by atoms with Crippen LogP contribution in [-0.4, -0.2) is 17.1 Å². The summed E-state index contributed by atoms with van der Waals surface area (Å²) in [5, 5.41) is 12.3. The molecule has 0 aliphatic heterocycles. The van der Waals surface area contributed by atoms with E-state index in [4.69, 9.17) is 5.11 Å². The van der Waals surface area contributed by atoms with Gasteiger partial charge in [0.05, 0.1) is 5.56 Å². The largest absolute Gasteiger partial charge is 0.478 e. The van der Waals surface area contributed by atoms with Gasteiger partial charge in [0, 0.05) is 17.1 Å². The molecule has 1 aliphatic rings. The molecular weight excluding hydrogens is 282 g/mol. The van der Waals surface area contributed by atoms with E-state index >= 15 is 0 Å². The molecule has 17 heavy (non-hydrogen) atoms. The van der Waals surface area contributed by atoms with Crippen LogP contribution in [0.1, 0.15) is 35.7 Å². The van der Waals surface area contributed by atoms with E-state index in [0.717, 1.165) is 22.5 Å². The first-order valence-corrected chi connectivity index (χ1v) is 6.66. The molecule has 1 fully saturated rings. The van der Waals surface area contributed by atoms with E-state index in [1.807, 2.05) is 6.07 Å². The number of hydrogen-bond acceptors (Lipinski definition) is 2. The Balaban J connectivity index is 1.95. The van der Waals surface area contributed by atoms with Gasteiger partial charge >= 0.3 is 5.97 Å². The minimum Gasteiger partial charge on any atom is -0.478 e. The molecule has 0 amide bonds. The SMILES string of the molecule is CCC1CC1NCc1ccc(C(=O)O)cc1Br. The first kappa shape index (κ1) is 12.6. The third-order valence-electron chi connectivity index (χ3n) is 3.30. The molecule has 1 saturated carbocycles. The van der Waals surface area contributed by atoms with Crippen LogP contribution >= 0.6 is 15.9 Å². The zero-order chi connectivity index (χ0) is 12.4. The zero-order valence-electron chi connectivity index (χ0n) is 9.74. The van der Waals surface area contributed by atoms with Gasteiger partial charge in [-0.2, -0.15) is 0 Å². The van der Waals surface area contributed by atoms with E-state index in [1.54, 1.807) is 12.1 Å². The first-order valence-electron chi connectivity index (χ1n) is 5.87. The highest BCUT2D eigenvalue weighted by molar-refractivity contribution is 9.10. The van der Waals surface area contributed by atoms with Crippen molar-refractivity contribution in [1.29, 1.82) is 0 Å². The maximum Gasteiger partial charge on any atom is 0.335 e. The van der Waals surface area contributed by atoms with Crippen LogP contribution in [0.2, 0.25) is 0 Å². The number of hydrogen-bond donors (Lipinski definition) is 2. The van der Waals surface area contributed by atoms with Gasteiger partial charge in [-0.1, -0.05) is 35.3 Å². The maximum atomic E-state index is 10.8. The van der Waals surface area contributed by atoms with Gasteiger partial charge in [0.25, 0.3) is 0 Å². The van der Waals surface area contributed by atoms with Gasteiger partial charge in [-0.3, -0.25) is 0 Å². The Labute approximate surface area is 109 Å². The second-order valence-electron chi connectivity index (χ2n) is 4.50. The third kappa shape index (κ3) is 3.07. The van der Waals surface area contributed by atoms with Gasteiger partial charge in [-0.05, 0) is 30.0 Å². The molecule has 3 nitrogen and oxygen atoms in total. The Morgan fingerprint density at radius 3 is 2.88 bits per heavy atom. The minimum absolute atomic E-state index is 0.318. The van der Waals surface area contributed by atoms with Crippen LogP contribution in [0.5, 0.6) is 0 Å². The average Bonchev–Trinajstić information content (AvgIpc) is 3.06. The molecule has 0 aromatic heterocycles. The van der Waals surface area contributed by atoms with Gasteiger partial charge in [0.1, 0.15) is 0 Å². The highest BCUT2D eigenvalue weighted by Crippen LogP contribution is 2.33. The molecule has 0 bridgehead atoms. The van der Waals surface area contributed by atoms with Crippen molar-refractivity contribution in [3.05, 3.63) is 33.8 Å². The van der Waals surface area contributed by atoms with Gasteiger partial charge in [-0.15, -0.1) is 0 Å². The van der Waals surface area contributed by atoms with Crippen molar-refractivity contribution in [3.8, 4) is 0 Å². The number of carboxylic acids is 1. The Bertz CT molecular complexity index is 433. The molecule has 1 aromatic rings. The Morgan fingerprint density at radius 2 is 2.35 bits per heavy atom. The van der Waals surface area contributed by atoms with Crippen molar-refractivity contribution in [2.24, 2.45) is 5.92 Å². The molecule has 0 spiro atoms. The van der Waals surface area contributed by atoms with Crippen LogP contribution in [0.15, 0.2) is 22.7 Å². The molecule has 0 heterocycles. The number of nitrogens with one attached hydrogen (secondary N) is 1. The van der Waals surface area contributed by atoms with Crippen molar-refractivity contribution in [1.82, 2.24) is 5.32 Å². The zero-order valence-corrected chi connectivity index (χ0v) is 11.3. The molecule has 4 heteroatoms. The molecule has 1 aliphatic carbocycles. The predicted molar refractivity (Wildman–Crippen MR) is 70.1 cm³/mol. The molecule has 2 unspecified atom stereocenters. The topological polar surface area (TPSA) is 49.3 Å². The van der Waals surface area contributed by atoms with E-state index in [1.165, 1.54) is 12.8 Å². The van der Waals surface area contributed by atoms with Crippen molar-refractivity contribution in [3.63, 3.8) is 0 Å². The predicted octanol–water partition coefficient (Wildman–Crippen LogP) is 3.04. The van der Waals surface area contributed by atoms with E-state index < -0.39 is 5.97 Å². The third-order valence-corrected chi connectivity index (χ3v) is 4.04. The summed E-state index contributed by atoms with van der Waals surface area (Å²) in [6.07, 6.45) is 2.50. The lowest BCUT2D eigenvalue weighted by Crippen LogP contribution is -2.17. The molecule has 2 atom stereocenters. The van der Waals surface area contributed by atoms with E-state index in [0.29, 0.717) is 11.6 Å². The molecule has 2 rings (SSSR count). The summed E-state index contributed by atoms with van der Waals surface area (Å²) in [7, 11) is 0. The summed E-state index contributed by atoms with van der Waals surface area (Å²) in [6, 6.07) is 5.81. The van der Waals surface area contributed by atoms with Crippen molar-refractivity contribution in [2.75, 3.05) is 0 Å². The summed E-state index contributed by atoms with van der Waals surface area (Å²) in [5.41, 5.74) is 1.43. The summed E-state index contributed by atoms with van der Waals surface area (Å²) in [5.74, 6) is -0.0643. The molecule has 0 saturated heterocycles. The molecule has 1 aromatic carbocycles. The molecule has 92 valence electrons. The molecule has 2 N–H and O–H groups in total. The second kappa shape index (κ2) is 5.19. The average molecular weight is 298 g/mol. The Hall–Kier alpha value is -0.870. The van der Waals surface area contributed by atoms with Crippen LogP contribution in [0.4, 0.5) is 0 Å². The maximum absolute atomic E-state index is 10.8. The smallest absolute Gasteiger partial charge is 0.335 e. The second-order valence-corrected chi connectivity index (χ2v) is 5.36. The van der Waals surface area contributed by atoms with Crippen LogP contribution in [0.3, 0.4) is 0 Å². The van der Waals surface area contributed by atoms with Gasteiger partial charge in [-0.25, -0.2) is 4.79 Å². The molecule has 0 radical (unpaired) electrons. The summed E-state index contributed by atoms with van der Waals surface area (Å²) in [6.45, 7) is 3.01. The fourth-order valence-electron chi connectivity index (χ4n) is 2.01. The summed E-state index contributed by atoms with van der Waals surface area (Å²) < 4.78 is 0.860. The summed E-state index contributed by atoms with van der Waals surface area (Å²) >= 11 is 3.41. The van der Waals surface area contributed by atoms with E-state index in [2.05, 4.69) is 28.2 Å². The molecular formula is C13H16BrNO2. The number of carboxylic acid groups (broad SMARTS) is 1. The number of rotatable bonds is 5. The van der Waals surface area contributed by atoms with Gasteiger partial charge < -0.3 is 10.4 Å². The fourth-order valence-corrected chi connectivity index (χ4v) is 2.53. The van der Waals surface area contributed by atoms with Crippen LogP contribution < -0.4 is 5.32 Å². The monoisotopic (exact) mass is 297 g/mol. The lowest BCUT2D eigenvalue weighted by molar-refractivity contribution is 0.0697. The lowest BCUT2D eigenvalue weighted by Gasteiger charge is -2.07. The number of halogens is 1. The van der Waals surface area contributed by atoms with Crippen LogP contribution in [-0.2, 0) is 6.54 Å². The van der Waals surface area contributed by atoms with Crippen molar-refractivity contribution in [2.45, 2.75) is 32.4 Å². The summed E-state index contributed by atoms with van der Waals surface area (Å²) in [4.78, 5) is 10.8. The van der Waals surface area contributed by atoms with E-state index in [-0.39, 0.29) is 0 Å². The minimum atomic E-state index is -0.890. The van der Waals surface area contributed by atoms with Gasteiger partial charge in [0.15, 0.2) is 0 Å². The lowest BCUT2D eigenvalue weighted by atomic mass is 10.1. The normalized spacial score (nSPS) is 22.5. The number of aromatic carboxylic acids is 1. The Morgan fingerprint density at radius 1 is 1.59 bits per heavy atom. The number of benzene rings is 1. The Kier molecular flexibility index (Phi) is 3.84. The fraction of sp³-hybridized carbons (Fsp3) is 0.462. The van der Waals surface area contributed by atoms with Crippen molar-refractivity contribution < 1.29 is 9.90 Å². The standard InChI is InChI=1S/C13H16BrNO2/c1-2-8-6-12(8)15-7-10-4-3-9(13(16)17)5-11(10)14/h3-5,8,12,15H,2,6-7H2,1H3,(H,16,17). The highest BCUT2D eigenvalue weighted by Gasteiger charge is 2.34. The van der Waals surface area contributed by atoms with Crippen LogP contribution in [0, 0.1) is 5.92 Å². The van der Waals surface area contributed by atoms with E-state index in [9.17, 15) is 4.79 Å².